The van der Waals surface area contributed by atoms with Gasteiger partial charge in [0.05, 0.1) is 6.42 Å². The van der Waals surface area contributed by atoms with Gasteiger partial charge in [0, 0.05) is 24.5 Å². The van der Waals surface area contributed by atoms with Crippen LogP contribution in [0.15, 0.2) is 84.9 Å². The van der Waals surface area contributed by atoms with Crippen molar-refractivity contribution in [3.05, 3.63) is 107 Å². The van der Waals surface area contributed by atoms with Crippen LogP contribution in [0, 0.1) is 0 Å². The quantitative estimate of drug-likeness (QED) is 0.532. The molecule has 160 valence electrons. The zero-order valence-electron chi connectivity index (χ0n) is 17.6. The normalized spacial score (nSPS) is 11.5. The number of likely N-dealkylation sites (N-methyl/N-ethyl adjacent to an activating group) is 1. The summed E-state index contributed by atoms with van der Waals surface area (Å²) in [5.74, 6) is -0.241. The maximum absolute atomic E-state index is 13.4. The summed E-state index contributed by atoms with van der Waals surface area (Å²) in [5.41, 5.74) is 2.85. The van der Waals surface area contributed by atoms with Crippen molar-refractivity contribution in [2.45, 2.75) is 32.4 Å². The van der Waals surface area contributed by atoms with Crippen LogP contribution < -0.4 is 5.32 Å². The van der Waals surface area contributed by atoms with E-state index in [1.54, 1.807) is 17.0 Å². The highest BCUT2D eigenvalue weighted by atomic mass is 35.5. The lowest BCUT2D eigenvalue weighted by molar-refractivity contribution is -0.140. The molecule has 3 aromatic carbocycles. The van der Waals surface area contributed by atoms with Crippen LogP contribution in [0.2, 0.25) is 5.02 Å². The Morgan fingerprint density at radius 3 is 2.00 bits per heavy atom. The van der Waals surface area contributed by atoms with Crippen LogP contribution in [0.25, 0.3) is 0 Å². The molecule has 0 fully saturated rings. The van der Waals surface area contributed by atoms with Gasteiger partial charge in [0.15, 0.2) is 0 Å². The summed E-state index contributed by atoms with van der Waals surface area (Å²) in [7, 11) is 0. The predicted octanol–water partition coefficient (Wildman–Crippen LogP) is 4.66. The summed E-state index contributed by atoms with van der Waals surface area (Å²) in [6.45, 7) is 2.72. The van der Waals surface area contributed by atoms with Gasteiger partial charge in [-0.25, -0.2) is 0 Å². The topological polar surface area (TPSA) is 49.4 Å². The molecule has 2 amide bonds. The number of nitrogens with zero attached hydrogens (tertiary/aromatic N) is 1. The number of amides is 2. The van der Waals surface area contributed by atoms with Gasteiger partial charge in [-0.05, 0) is 35.7 Å². The van der Waals surface area contributed by atoms with Gasteiger partial charge in [-0.1, -0.05) is 84.4 Å². The van der Waals surface area contributed by atoms with E-state index >= 15 is 0 Å². The van der Waals surface area contributed by atoms with Gasteiger partial charge in [-0.3, -0.25) is 9.59 Å². The molecule has 0 bridgehead atoms. The number of nitrogens with one attached hydrogen (secondary N) is 1. The van der Waals surface area contributed by atoms with Crippen molar-refractivity contribution in [2.75, 3.05) is 6.54 Å². The Kier molecular flexibility index (Phi) is 8.25. The Hall–Kier alpha value is -3.11. The Bertz CT molecular complexity index is 975. The average molecular weight is 435 g/mol. The second-order valence-corrected chi connectivity index (χ2v) is 7.85. The second-order valence-electron chi connectivity index (χ2n) is 7.41. The first-order valence-corrected chi connectivity index (χ1v) is 10.8. The third-order valence-corrected chi connectivity index (χ3v) is 5.34. The number of carbonyl (C=O) groups is 2. The van der Waals surface area contributed by atoms with Crippen molar-refractivity contribution < 1.29 is 9.59 Å². The van der Waals surface area contributed by atoms with Crippen LogP contribution in [-0.4, -0.2) is 29.3 Å². The van der Waals surface area contributed by atoms with Crippen LogP contribution in [-0.2, 0) is 29.0 Å². The molecule has 4 nitrogen and oxygen atoms in total. The summed E-state index contributed by atoms with van der Waals surface area (Å²) < 4.78 is 0. The number of hydrogen-bond acceptors (Lipinski definition) is 2. The molecule has 5 heteroatoms. The van der Waals surface area contributed by atoms with Crippen LogP contribution in [0.4, 0.5) is 0 Å². The smallest absolute Gasteiger partial charge is 0.243 e. The third kappa shape index (κ3) is 6.69. The first-order valence-electron chi connectivity index (χ1n) is 10.5. The first kappa shape index (κ1) is 22.6. The lowest BCUT2D eigenvalue weighted by Crippen LogP contribution is -2.50. The summed E-state index contributed by atoms with van der Waals surface area (Å²) in [6, 6.07) is 26.2. The highest BCUT2D eigenvalue weighted by molar-refractivity contribution is 6.30. The summed E-state index contributed by atoms with van der Waals surface area (Å²) >= 11 is 6.03. The average Bonchev–Trinajstić information content (AvgIpc) is 2.79. The van der Waals surface area contributed by atoms with E-state index in [0.717, 1.165) is 16.7 Å². The van der Waals surface area contributed by atoms with E-state index in [1.807, 2.05) is 79.7 Å². The molecule has 0 radical (unpaired) electrons. The molecular formula is C26H27ClN2O2. The molecule has 0 saturated carbocycles. The van der Waals surface area contributed by atoms with E-state index in [1.165, 1.54) is 0 Å². The summed E-state index contributed by atoms with van der Waals surface area (Å²) in [5, 5.41) is 3.54. The molecule has 0 aliphatic rings. The molecule has 0 heterocycles. The van der Waals surface area contributed by atoms with E-state index in [-0.39, 0.29) is 18.2 Å². The molecule has 0 aromatic heterocycles. The van der Waals surface area contributed by atoms with Gasteiger partial charge in [0.1, 0.15) is 6.04 Å². The standard InChI is InChI=1S/C26H27ClN2O2/c1-2-28-26(31)24(17-20-9-5-3-6-10-20)29(19-22-13-15-23(27)16-14-22)25(30)18-21-11-7-4-8-12-21/h3-16,24H,2,17-19H2,1H3,(H,28,31). The largest absolute Gasteiger partial charge is 0.355 e. The Morgan fingerprint density at radius 2 is 1.42 bits per heavy atom. The molecule has 0 spiro atoms. The van der Waals surface area contributed by atoms with E-state index in [4.69, 9.17) is 11.6 Å². The fourth-order valence-electron chi connectivity index (χ4n) is 3.50. The maximum atomic E-state index is 13.4. The lowest BCUT2D eigenvalue weighted by atomic mass is 10.0. The molecule has 0 aliphatic heterocycles. The number of benzene rings is 3. The maximum Gasteiger partial charge on any atom is 0.243 e. The first-order chi connectivity index (χ1) is 15.1. The van der Waals surface area contributed by atoms with Gasteiger partial charge in [-0.2, -0.15) is 0 Å². The molecule has 1 unspecified atom stereocenters. The monoisotopic (exact) mass is 434 g/mol. The molecule has 1 N–H and O–H groups in total. The van der Waals surface area contributed by atoms with Crippen molar-refractivity contribution in [3.63, 3.8) is 0 Å². The third-order valence-electron chi connectivity index (χ3n) is 5.09. The zero-order chi connectivity index (χ0) is 22.1. The van der Waals surface area contributed by atoms with Gasteiger partial charge >= 0.3 is 0 Å². The SMILES string of the molecule is CCNC(=O)C(Cc1ccccc1)N(Cc1ccc(Cl)cc1)C(=O)Cc1ccccc1. The van der Waals surface area contributed by atoms with Crippen molar-refractivity contribution in [3.8, 4) is 0 Å². The highest BCUT2D eigenvalue weighted by Gasteiger charge is 2.30. The second kappa shape index (κ2) is 11.3. The van der Waals surface area contributed by atoms with Crippen molar-refractivity contribution in [2.24, 2.45) is 0 Å². The minimum Gasteiger partial charge on any atom is -0.355 e. The van der Waals surface area contributed by atoms with Gasteiger partial charge in [-0.15, -0.1) is 0 Å². The van der Waals surface area contributed by atoms with Gasteiger partial charge in [0.2, 0.25) is 11.8 Å². The minimum absolute atomic E-state index is 0.0895. The number of rotatable bonds is 9. The molecule has 1 atom stereocenters. The predicted molar refractivity (Wildman–Crippen MR) is 125 cm³/mol. The van der Waals surface area contributed by atoms with Gasteiger partial charge < -0.3 is 10.2 Å². The van der Waals surface area contributed by atoms with Crippen LogP contribution in [0.3, 0.4) is 0 Å². The Morgan fingerprint density at radius 1 is 0.839 bits per heavy atom. The van der Waals surface area contributed by atoms with Crippen molar-refractivity contribution >= 4 is 23.4 Å². The van der Waals surface area contributed by atoms with Crippen LogP contribution in [0.1, 0.15) is 23.6 Å². The molecule has 3 aromatic rings. The van der Waals surface area contributed by atoms with E-state index in [9.17, 15) is 9.59 Å². The van der Waals surface area contributed by atoms with Crippen LogP contribution >= 0.6 is 11.6 Å². The van der Waals surface area contributed by atoms with E-state index in [0.29, 0.717) is 24.5 Å². The fourth-order valence-corrected chi connectivity index (χ4v) is 3.63. The van der Waals surface area contributed by atoms with E-state index < -0.39 is 6.04 Å². The molecule has 0 aliphatic carbocycles. The van der Waals surface area contributed by atoms with Crippen molar-refractivity contribution in [1.82, 2.24) is 10.2 Å². The Balaban J connectivity index is 1.93. The zero-order valence-corrected chi connectivity index (χ0v) is 18.4. The van der Waals surface area contributed by atoms with Crippen molar-refractivity contribution in [1.29, 1.82) is 0 Å². The van der Waals surface area contributed by atoms with Crippen LogP contribution in [0.5, 0.6) is 0 Å². The summed E-state index contributed by atoms with van der Waals surface area (Å²) in [4.78, 5) is 28.2. The number of carbonyl (C=O) groups excluding carboxylic acids is 2. The lowest BCUT2D eigenvalue weighted by Gasteiger charge is -2.31. The summed E-state index contributed by atoms with van der Waals surface area (Å²) in [6.07, 6.45) is 0.680. The molecule has 0 saturated heterocycles. The Labute approximate surface area is 188 Å². The molecule has 3 rings (SSSR count). The van der Waals surface area contributed by atoms with E-state index in [2.05, 4.69) is 5.32 Å². The molecule has 31 heavy (non-hydrogen) atoms. The number of halogens is 1. The van der Waals surface area contributed by atoms with Gasteiger partial charge in [0.25, 0.3) is 0 Å². The number of hydrogen-bond donors (Lipinski definition) is 1. The highest BCUT2D eigenvalue weighted by Crippen LogP contribution is 2.18. The molecular weight excluding hydrogens is 408 g/mol. The fraction of sp³-hybridized carbons (Fsp3) is 0.231. The minimum atomic E-state index is -0.616.